The average Bonchev–Trinajstić information content (AvgIpc) is 2.91. The van der Waals surface area contributed by atoms with Crippen LogP contribution in [0.3, 0.4) is 0 Å². The second-order valence-electron chi connectivity index (χ2n) is 5.86. The van der Waals surface area contributed by atoms with Gasteiger partial charge in [0.1, 0.15) is 12.6 Å². The molecule has 0 aliphatic rings. The van der Waals surface area contributed by atoms with E-state index in [4.69, 9.17) is 10.00 Å². The largest absolute Gasteiger partial charge is 0.456 e. The van der Waals surface area contributed by atoms with E-state index >= 15 is 0 Å². The van der Waals surface area contributed by atoms with Crippen molar-refractivity contribution in [1.29, 1.82) is 5.26 Å². The van der Waals surface area contributed by atoms with Gasteiger partial charge in [-0.1, -0.05) is 12.1 Å². The molecule has 0 aliphatic heterocycles. The van der Waals surface area contributed by atoms with Gasteiger partial charge in [-0.15, -0.1) is 0 Å². The minimum atomic E-state index is -4.06. The van der Waals surface area contributed by atoms with E-state index in [9.17, 15) is 18.0 Å². The van der Waals surface area contributed by atoms with Gasteiger partial charge >= 0.3 is 5.97 Å². The van der Waals surface area contributed by atoms with Gasteiger partial charge in [0.15, 0.2) is 6.61 Å². The Morgan fingerprint density at radius 3 is 2.52 bits per heavy atom. The lowest BCUT2D eigenvalue weighted by Crippen LogP contribution is -2.32. The van der Waals surface area contributed by atoms with Crippen LogP contribution in [0.15, 0.2) is 35.2 Å². The number of carbonyl (C=O) groups is 2. The number of hydrogen-bond acceptors (Lipinski definition) is 6. The monoisotopic (exact) mass is 389 g/mol. The molecule has 0 unspecified atom stereocenters. The Bertz CT molecular complexity index is 1030. The van der Waals surface area contributed by atoms with Crippen LogP contribution in [0.2, 0.25) is 0 Å². The van der Waals surface area contributed by atoms with Crippen molar-refractivity contribution in [3.8, 4) is 6.07 Å². The molecular formula is C18H19N3O5S. The van der Waals surface area contributed by atoms with E-state index < -0.39 is 29.1 Å². The second-order valence-corrected chi connectivity index (χ2v) is 7.60. The maximum Gasteiger partial charge on any atom is 0.321 e. The molecule has 0 aliphatic carbocycles. The molecule has 9 heteroatoms. The van der Waals surface area contributed by atoms with Gasteiger partial charge in [0, 0.05) is 24.0 Å². The lowest BCUT2D eigenvalue weighted by molar-refractivity contribution is -0.141. The molecule has 0 amide bonds. The topological polar surface area (TPSA) is 118 Å². The molecule has 2 rings (SSSR count). The molecule has 0 atom stereocenters. The first kappa shape index (κ1) is 20.4. The van der Waals surface area contributed by atoms with E-state index in [-0.39, 0.29) is 16.2 Å². The van der Waals surface area contributed by atoms with Gasteiger partial charge < -0.3 is 9.30 Å². The van der Waals surface area contributed by atoms with Gasteiger partial charge in [-0.2, -0.15) is 9.98 Å². The predicted molar refractivity (Wildman–Crippen MR) is 96.5 cm³/mol. The average molecular weight is 389 g/mol. The molecule has 2 aromatic rings. The highest BCUT2D eigenvalue weighted by molar-refractivity contribution is 7.89. The fraction of sp³-hybridized carbons (Fsp3) is 0.278. The summed E-state index contributed by atoms with van der Waals surface area (Å²) in [4.78, 5) is 23.7. The van der Waals surface area contributed by atoms with Gasteiger partial charge in [-0.3, -0.25) is 9.59 Å². The number of sulfonamides is 1. The van der Waals surface area contributed by atoms with E-state index in [1.165, 1.54) is 24.3 Å². The molecule has 1 aromatic heterocycles. The standard InChI is InChI=1S/C18H19N3O5S/c1-12-8-15(13(2)21(12)3)16(22)11-26-18(23)10-20-27(24,25)17-7-5-4-6-14(17)9-19/h4-8,20H,10-11H2,1-3H3. The fourth-order valence-electron chi connectivity index (χ4n) is 2.44. The van der Waals surface area contributed by atoms with Crippen LogP contribution in [0.25, 0.3) is 0 Å². The Kier molecular flexibility index (Phi) is 6.15. The quantitative estimate of drug-likeness (QED) is 0.562. The van der Waals surface area contributed by atoms with Crippen molar-refractivity contribution < 1.29 is 22.7 Å². The predicted octanol–water partition coefficient (Wildman–Crippen LogP) is 1.22. The van der Waals surface area contributed by atoms with Crippen molar-refractivity contribution in [1.82, 2.24) is 9.29 Å². The number of ether oxygens (including phenoxy) is 1. The summed E-state index contributed by atoms with van der Waals surface area (Å²) in [6, 6.07) is 9.10. The smallest absolute Gasteiger partial charge is 0.321 e. The van der Waals surface area contributed by atoms with Gasteiger partial charge in [0.2, 0.25) is 15.8 Å². The van der Waals surface area contributed by atoms with Gasteiger partial charge in [-0.25, -0.2) is 8.42 Å². The number of carbonyl (C=O) groups excluding carboxylic acids is 2. The number of aromatic nitrogens is 1. The number of ketones is 1. The van der Waals surface area contributed by atoms with Crippen molar-refractivity contribution in [2.24, 2.45) is 7.05 Å². The van der Waals surface area contributed by atoms with E-state index in [0.29, 0.717) is 5.56 Å². The highest BCUT2D eigenvalue weighted by Crippen LogP contribution is 2.15. The molecule has 0 bridgehead atoms. The van der Waals surface area contributed by atoms with Crippen molar-refractivity contribution in [3.05, 3.63) is 52.8 Å². The highest BCUT2D eigenvalue weighted by atomic mass is 32.2. The third kappa shape index (κ3) is 4.61. The SMILES string of the molecule is Cc1cc(C(=O)COC(=O)CNS(=O)(=O)c2ccccc2C#N)c(C)n1C. The highest BCUT2D eigenvalue weighted by Gasteiger charge is 2.20. The Morgan fingerprint density at radius 2 is 1.93 bits per heavy atom. The number of nitriles is 1. The lowest BCUT2D eigenvalue weighted by Gasteiger charge is -2.08. The maximum absolute atomic E-state index is 12.2. The van der Waals surface area contributed by atoms with E-state index in [0.717, 1.165) is 11.4 Å². The maximum atomic E-state index is 12.2. The summed E-state index contributed by atoms with van der Waals surface area (Å²) in [5.41, 5.74) is 2.06. The molecule has 8 nitrogen and oxygen atoms in total. The molecule has 0 fully saturated rings. The molecule has 0 spiro atoms. The zero-order chi connectivity index (χ0) is 20.2. The van der Waals surface area contributed by atoms with Gasteiger partial charge in [-0.05, 0) is 32.0 Å². The Balaban J connectivity index is 1.95. The third-order valence-corrected chi connectivity index (χ3v) is 5.60. The van der Waals surface area contributed by atoms with Crippen LogP contribution in [-0.4, -0.2) is 37.9 Å². The fourth-order valence-corrected chi connectivity index (χ4v) is 3.56. The minimum absolute atomic E-state index is 0.0385. The van der Waals surface area contributed by atoms with E-state index in [1.807, 2.05) is 18.5 Å². The van der Waals surface area contributed by atoms with Gasteiger partial charge in [0.25, 0.3) is 0 Å². The molecule has 1 heterocycles. The molecular weight excluding hydrogens is 370 g/mol. The van der Waals surface area contributed by atoms with Gasteiger partial charge in [0.05, 0.1) is 10.5 Å². The normalized spacial score (nSPS) is 11.0. The molecule has 0 saturated carbocycles. The summed E-state index contributed by atoms with van der Waals surface area (Å²) in [5.74, 6) is -1.27. The third-order valence-electron chi connectivity index (χ3n) is 4.14. The van der Waals surface area contributed by atoms with Crippen LogP contribution in [-0.2, 0) is 26.6 Å². The van der Waals surface area contributed by atoms with Crippen molar-refractivity contribution >= 4 is 21.8 Å². The first-order valence-corrected chi connectivity index (χ1v) is 9.46. The Labute approximate surface area is 157 Å². The van der Waals surface area contributed by atoms with Crippen LogP contribution in [0, 0.1) is 25.2 Å². The number of hydrogen-bond donors (Lipinski definition) is 1. The summed E-state index contributed by atoms with van der Waals surface area (Å²) < 4.78 is 33.2. The molecule has 0 saturated heterocycles. The molecule has 142 valence electrons. The Morgan fingerprint density at radius 1 is 1.26 bits per heavy atom. The lowest BCUT2D eigenvalue weighted by atomic mass is 10.1. The molecule has 0 radical (unpaired) electrons. The van der Waals surface area contributed by atoms with Crippen LogP contribution < -0.4 is 4.72 Å². The minimum Gasteiger partial charge on any atom is -0.456 e. The molecule has 1 N–H and O–H groups in total. The summed E-state index contributed by atoms with van der Waals surface area (Å²) >= 11 is 0. The number of nitrogens with one attached hydrogen (secondary N) is 1. The molecule has 27 heavy (non-hydrogen) atoms. The number of rotatable bonds is 7. The van der Waals surface area contributed by atoms with Crippen molar-refractivity contribution in [2.45, 2.75) is 18.7 Å². The zero-order valence-electron chi connectivity index (χ0n) is 15.1. The Hall–Kier alpha value is -2.96. The second kappa shape index (κ2) is 8.16. The first-order valence-electron chi connectivity index (χ1n) is 7.98. The van der Waals surface area contributed by atoms with Crippen molar-refractivity contribution in [3.63, 3.8) is 0 Å². The molecule has 1 aromatic carbocycles. The van der Waals surface area contributed by atoms with E-state index in [2.05, 4.69) is 4.72 Å². The van der Waals surface area contributed by atoms with Crippen LogP contribution in [0.1, 0.15) is 27.3 Å². The summed E-state index contributed by atoms with van der Waals surface area (Å²) in [6.45, 7) is 2.49. The summed E-state index contributed by atoms with van der Waals surface area (Å²) in [6.07, 6.45) is 0. The first-order chi connectivity index (χ1) is 12.7. The van der Waals surface area contributed by atoms with E-state index in [1.54, 1.807) is 19.1 Å². The number of aryl methyl sites for hydroxylation is 1. The van der Waals surface area contributed by atoms with Crippen LogP contribution in [0.5, 0.6) is 0 Å². The van der Waals surface area contributed by atoms with Crippen LogP contribution in [0.4, 0.5) is 0 Å². The number of Topliss-reactive ketones (excluding diaryl/α,β-unsaturated/α-hetero) is 1. The van der Waals surface area contributed by atoms with Crippen molar-refractivity contribution in [2.75, 3.05) is 13.2 Å². The van der Waals surface area contributed by atoms with Crippen LogP contribution >= 0.6 is 0 Å². The number of nitrogens with zero attached hydrogens (tertiary/aromatic N) is 2. The zero-order valence-corrected chi connectivity index (χ0v) is 16.0. The summed E-state index contributed by atoms with van der Waals surface area (Å²) in [7, 11) is -2.24. The number of esters is 1. The number of benzene rings is 1. The summed E-state index contributed by atoms with van der Waals surface area (Å²) in [5, 5.41) is 8.98.